The number of carbonyl (C=O) groups is 2. The largest absolute Gasteiger partial charge is 0.573 e. The Kier molecular flexibility index (Phi) is 8.55. The predicted molar refractivity (Wildman–Crippen MR) is 106 cm³/mol. The van der Waals surface area contributed by atoms with E-state index in [0.717, 1.165) is 0 Å². The fourth-order valence-corrected chi connectivity index (χ4v) is 3.35. The van der Waals surface area contributed by atoms with Crippen LogP contribution < -0.4 is 15.4 Å². The van der Waals surface area contributed by atoms with Crippen molar-refractivity contribution in [2.24, 2.45) is 0 Å². The van der Waals surface area contributed by atoms with E-state index in [1.165, 1.54) is 36.0 Å². The number of hydrogen-bond donors (Lipinski definition) is 2. The molecule has 1 atom stereocenters. The number of halogens is 3. The summed E-state index contributed by atoms with van der Waals surface area (Å²) in [6.45, 7) is -0.156. The first-order chi connectivity index (χ1) is 14.3. The maximum absolute atomic E-state index is 12.3. The number of nitriles is 1. The third-order valence-corrected chi connectivity index (χ3v) is 5.01. The van der Waals surface area contributed by atoms with Gasteiger partial charge in [0.25, 0.3) is 5.91 Å². The minimum Gasteiger partial charge on any atom is -0.406 e. The minimum atomic E-state index is -4.77. The highest BCUT2D eigenvalue weighted by Crippen LogP contribution is 2.25. The summed E-state index contributed by atoms with van der Waals surface area (Å²) in [5.41, 5.74) is 1.11. The highest BCUT2D eigenvalue weighted by atomic mass is 32.2. The number of alkyl halides is 3. The number of amides is 2. The second kappa shape index (κ2) is 11.1. The van der Waals surface area contributed by atoms with Crippen LogP contribution in [0.1, 0.15) is 15.9 Å². The first-order valence-electron chi connectivity index (χ1n) is 8.72. The number of thioether (sulfide) groups is 1. The van der Waals surface area contributed by atoms with Gasteiger partial charge in [-0.25, -0.2) is 0 Å². The summed E-state index contributed by atoms with van der Waals surface area (Å²) in [5, 5.41) is 13.1. The van der Waals surface area contributed by atoms with Crippen LogP contribution in [0.25, 0.3) is 0 Å². The van der Waals surface area contributed by atoms with Crippen LogP contribution in [0.2, 0.25) is 0 Å². The van der Waals surface area contributed by atoms with Gasteiger partial charge in [0.05, 0.1) is 6.07 Å². The monoisotopic (exact) mass is 437 g/mol. The second-order valence-corrected chi connectivity index (χ2v) is 7.13. The molecule has 1 unspecified atom stereocenters. The molecule has 30 heavy (non-hydrogen) atoms. The van der Waals surface area contributed by atoms with Gasteiger partial charge in [0.2, 0.25) is 5.91 Å². The van der Waals surface area contributed by atoms with Gasteiger partial charge in [-0.3, -0.25) is 9.59 Å². The van der Waals surface area contributed by atoms with Gasteiger partial charge >= 0.3 is 6.36 Å². The van der Waals surface area contributed by atoms with Crippen molar-refractivity contribution in [1.29, 1.82) is 5.26 Å². The Morgan fingerprint density at radius 2 is 1.73 bits per heavy atom. The van der Waals surface area contributed by atoms with Crippen LogP contribution in [0.4, 0.5) is 13.2 Å². The lowest BCUT2D eigenvalue weighted by molar-refractivity contribution is -0.274. The van der Waals surface area contributed by atoms with Gasteiger partial charge in [0.1, 0.15) is 17.5 Å². The summed E-state index contributed by atoms with van der Waals surface area (Å²) in [6, 6.07) is 15.6. The van der Waals surface area contributed by atoms with Crippen LogP contribution in [-0.4, -0.2) is 36.5 Å². The summed E-state index contributed by atoms with van der Waals surface area (Å²) < 4.78 is 40.5. The average Bonchev–Trinajstić information content (AvgIpc) is 2.72. The first kappa shape index (κ1) is 23.1. The van der Waals surface area contributed by atoms with Gasteiger partial charge in [-0.2, -0.15) is 5.26 Å². The van der Waals surface area contributed by atoms with Crippen LogP contribution in [0.3, 0.4) is 0 Å². The zero-order chi connectivity index (χ0) is 22.0. The summed E-state index contributed by atoms with van der Waals surface area (Å²) in [5.74, 6) is -0.803. The normalized spacial score (nSPS) is 11.8. The smallest absolute Gasteiger partial charge is 0.406 e. The standard InChI is InChI=1S/C20H18F3N3O3S/c21-20(22,23)29-16-8-6-14(7-9-16)13-30-17(19(28)25-11-10-24)12-26-18(27)15-4-2-1-3-5-15/h1-9,17H,11-13H2,(H,25,28)(H,26,27). The molecule has 2 amide bonds. The van der Waals surface area contributed by atoms with Crippen LogP contribution in [-0.2, 0) is 10.5 Å². The van der Waals surface area contributed by atoms with Gasteiger partial charge in [-0.05, 0) is 29.8 Å². The SMILES string of the molecule is N#CCNC(=O)C(CNC(=O)c1ccccc1)SCc1ccc(OC(F)(F)F)cc1. The van der Waals surface area contributed by atoms with E-state index in [0.29, 0.717) is 16.9 Å². The van der Waals surface area contributed by atoms with Crippen LogP contribution in [0.5, 0.6) is 5.75 Å². The Labute approximate surface area is 175 Å². The average molecular weight is 437 g/mol. The van der Waals surface area contributed by atoms with Crippen LogP contribution in [0.15, 0.2) is 54.6 Å². The molecule has 0 aliphatic carbocycles. The fraction of sp³-hybridized carbons (Fsp3) is 0.250. The molecule has 2 aromatic rings. The van der Waals surface area contributed by atoms with E-state index in [4.69, 9.17) is 5.26 Å². The van der Waals surface area contributed by atoms with Crippen molar-refractivity contribution in [3.05, 3.63) is 65.7 Å². The van der Waals surface area contributed by atoms with Gasteiger partial charge in [-0.1, -0.05) is 30.3 Å². The zero-order valence-corrected chi connectivity index (χ0v) is 16.4. The topological polar surface area (TPSA) is 91.2 Å². The van der Waals surface area contributed by atoms with Crippen molar-refractivity contribution in [3.63, 3.8) is 0 Å². The van der Waals surface area contributed by atoms with E-state index in [1.807, 2.05) is 6.07 Å². The molecular formula is C20H18F3N3O3S. The molecule has 158 valence electrons. The molecule has 2 aromatic carbocycles. The number of benzene rings is 2. The van der Waals surface area contributed by atoms with E-state index < -0.39 is 17.5 Å². The third kappa shape index (κ3) is 8.05. The highest BCUT2D eigenvalue weighted by molar-refractivity contribution is 7.99. The van der Waals surface area contributed by atoms with Gasteiger partial charge in [0, 0.05) is 17.9 Å². The second-order valence-electron chi connectivity index (χ2n) is 5.94. The van der Waals surface area contributed by atoms with Crippen molar-refractivity contribution in [2.45, 2.75) is 17.4 Å². The van der Waals surface area contributed by atoms with E-state index >= 15 is 0 Å². The molecule has 0 saturated heterocycles. The molecule has 0 bridgehead atoms. The molecule has 6 nitrogen and oxygen atoms in total. The van der Waals surface area contributed by atoms with Crippen molar-refractivity contribution in [1.82, 2.24) is 10.6 Å². The Balaban J connectivity index is 1.96. The van der Waals surface area contributed by atoms with E-state index in [-0.39, 0.29) is 24.7 Å². The minimum absolute atomic E-state index is 0.0188. The lowest BCUT2D eigenvalue weighted by Crippen LogP contribution is -2.41. The van der Waals surface area contributed by atoms with Crippen LogP contribution in [0, 0.1) is 11.3 Å². The molecule has 0 aromatic heterocycles. The molecule has 10 heteroatoms. The lowest BCUT2D eigenvalue weighted by Gasteiger charge is -2.17. The summed E-state index contributed by atoms with van der Waals surface area (Å²) in [4.78, 5) is 24.5. The Morgan fingerprint density at radius 1 is 1.07 bits per heavy atom. The van der Waals surface area contributed by atoms with Crippen molar-refractivity contribution in [3.8, 4) is 11.8 Å². The Hall–Kier alpha value is -3.19. The van der Waals surface area contributed by atoms with E-state index in [2.05, 4.69) is 15.4 Å². The summed E-state index contributed by atoms with van der Waals surface area (Å²) in [7, 11) is 0. The fourth-order valence-electron chi connectivity index (χ4n) is 2.33. The number of rotatable bonds is 9. The molecule has 2 rings (SSSR count). The maximum atomic E-state index is 12.3. The molecule has 0 aliphatic rings. The number of carbonyl (C=O) groups excluding carboxylic acids is 2. The van der Waals surface area contributed by atoms with E-state index in [1.54, 1.807) is 30.3 Å². The van der Waals surface area contributed by atoms with Crippen LogP contribution >= 0.6 is 11.8 Å². The molecule has 0 spiro atoms. The summed E-state index contributed by atoms with van der Waals surface area (Å²) >= 11 is 1.19. The Morgan fingerprint density at radius 3 is 2.33 bits per heavy atom. The number of ether oxygens (including phenoxy) is 1. The molecule has 0 fully saturated rings. The molecule has 2 N–H and O–H groups in total. The number of nitrogens with one attached hydrogen (secondary N) is 2. The van der Waals surface area contributed by atoms with Gasteiger partial charge in [-0.15, -0.1) is 24.9 Å². The van der Waals surface area contributed by atoms with Gasteiger partial charge in [0.15, 0.2) is 0 Å². The van der Waals surface area contributed by atoms with E-state index in [9.17, 15) is 22.8 Å². The van der Waals surface area contributed by atoms with Crippen molar-refractivity contribution >= 4 is 23.6 Å². The molecule has 0 saturated carbocycles. The summed E-state index contributed by atoms with van der Waals surface area (Å²) in [6.07, 6.45) is -4.77. The lowest BCUT2D eigenvalue weighted by atomic mass is 10.2. The molecule has 0 radical (unpaired) electrons. The zero-order valence-electron chi connectivity index (χ0n) is 15.6. The predicted octanol–water partition coefficient (Wildman–Crippen LogP) is 3.26. The molecule has 0 heterocycles. The number of hydrogen-bond acceptors (Lipinski definition) is 5. The third-order valence-electron chi connectivity index (χ3n) is 3.73. The highest BCUT2D eigenvalue weighted by Gasteiger charge is 2.31. The Bertz CT molecular complexity index is 884. The van der Waals surface area contributed by atoms with Crippen molar-refractivity contribution < 1.29 is 27.5 Å². The van der Waals surface area contributed by atoms with Gasteiger partial charge < -0.3 is 15.4 Å². The van der Waals surface area contributed by atoms with Crippen molar-refractivity contribution in [2.75, 3.05) is 13.1 Å². The molecule has 0 aliphatic heterocycles. The first-order valence-corrected chi connectivity index (χ1v) is 9.77. The maximum Gasteiger partial charge on any atom is 0.573 e. The molecular weight excluding hydrogens is 419 g/mol. The number of nitrogens with zero attached hydrogens (tertiary/aromatic N) is 1. The quantitative estimate of drug-likeness (QED) is 0.588.